The van der Waals surface area contributed by atoms with Crippen molar-refractivity contribution in [3.8, 4) is 0 Å². The first-order valence-electron chi connectivity index (χ1n) is 5.62. The lowest BCUT2D eigenvalue weighted by Crippen LogP contribution is -2.33. The van der Waals surface area contributed by atoms with Gasteiger partial charge in [-0.15, -0.1) is 0 Å². The van der Waals surface area contributed by atoms with Gasteiger partial charge in [0.2, 0.25) is 0 Å². The van der Waals surface area contributed by atoms with Crippen molar-refractivity contribution in [1.29, 1.82) is 0 Å². The topological polar surface area (TPSA) is 9.23 Å². The molecule has 1 nitrogen and oxygen atoms in total. The molecule has 0 N–H and O–H groups in total. The van der Waals surface area contributed by atoms with Crippen molar-refractivity contribution in [2.24, 2.45) is 5.41 Å². The monoisotopic (exact) mass is 346 g/mol. The highest BCUT2D eigenvalue weighted by Crippen LogP contribution is 2.36. The minimum Gasteiger partial charge on any atom is -0.381 e. The van der Waals surface area contributed by atoms with E-state index in [0.29, 0.717) is 5.41 Å². The van der Waals surface area contributed by atoms with Gasteiger partial charge in [0.15, 0.2) is 0 Å². The Bertz CT molecular complexity index is 346. The summed E-state index contributed by atoms with van der Waals surface area (Å²) < 4.78 is 6.63. The standard InChI is InChI=1S/C13H16Br2O/c14-10-13(4-6-16-7-5-13)9-11-2-1-3-12(15)8-11/h1-3,8H,4-7,9-10H2. The van der Waals surface area contributed by atoms with Crippen LogP contribution >= 0.6 is 31.9 Å². The van der Waals surface area contributed by atoms with Crippen molar-refractivity contribution in [1.82, 2.24) is 0 Å². The van der Waals surface area contributed by atoms with E-state index in [2.05, 4.69) is 56.1 Å². The molecule has 0 atom stereocenters. The zero-order valence-electron chi connectivity index (χ0n) is 9.22. The summed E-state index contributed by atoms with van der Waals surface area (Å²) in [4.78, 5) is 0. The molecule has 1 saturated heterocycles. The summed E-state index contributed by atoms with van der Waals surface area (Å²) in [5.41, 5.74) is 1.80. The highest BCUT2D eigenvalue weighted by Gasteiger charge is 2.31. The van der Waals surface area contributed by atoms with E-state index in [4.69, 9.17) is 4.74 Å². The van der Waals surface area contributed by atoms with Crippen LogP contribution in [0.15, 0.2) is 28.7 Å². The van der Waals surface area contributed by atoms with Crippen molar-refractivity contribution in [3.63, 3.8) is 0 Å². The molecular weight excluding hydrogens is 332 g/mol. The van der Waals surface area contributed by atoms with Crippen molar-refractivity contribution in [2.75, 3.05) is 18.5 Å². The van der Waals surface area contributed by atoms with E-state index in [1.807, 2.05) is 0 Å². The van der Waals surface area contributed by atoms with Crippen LogP contribution < -0.4 is 0 Å². The lowest BCUT2D eigenvalue weighted by molar-refractivity contribution is 0.0270. The fourth-order valence-corrected chi connectivity index (χ4v) is 3.45. The molecule has 1 heterocycles. The summed E-state index contributed by atoms with van der Waals surface area (Å²) in [6.07, 6.45) is 3.45. The molecule has 1 aromatic carbocycles. The Labute approximate surface area is 114 Å². The molecule has 0 aromatic heterocycles. The highest BCUT2D eigenvalue weighted by molar-refractivity contribution is 9.10. The van der Waals surface area contributed by atoms with E-state index in [-0.39, 0.29) is 0 Å². The van der Waals surface area contributed by atoms with Gasteiger partial charge in [-0.05, 0) is 42.4 Å². The summed E-state index contributed by atoms with van der Waals surface area (Å²) in [6.45, 7) is 1.80. The molecule has 88 valence electrons. The van der Waals surface area contributed by atoms with E-state index in [1.165, 1.54) is 10.0 Å². The van der Waals surface area contributed by atoms with Crippen LogP contribution in [-0.4, -0.2) is 18.5 Å². The lowest BCUT2D eigenvalue weighted by Gasteiger charge is -2.35. The van der Waals surface area contributed by atoms with Gasteiger partial charge in [0, 0.05) is 23.0 Å². The SMILES string of the molecule is BrCC1(Cc2cccc(Br)c2)CCOCC1. The number of hydrogen-bond donors (Lipinski definition) is 0. The summed E-state index contributed by atoms with van der Waals surface area (Å²) in [7, 11) is 0. The van der Waals surface area contributed by atoms with Crippen molar-refractivity contribution >= 4 is 31.9 Å². The predicted molar refractivity (Wildman–Crippen MR) is 74.1 cm³/mol. The first kappa shape index (κ1) is 12.6. The van der Waals surface area contributed by atoms with E-state index in [0.717, 1.165) is 37.8 Å². The Morgan fingerprint density at radius 1 is 1.25 bits per heavy atom. The van der Waals surface area contributed by atoms with Gasteiger partial charge in [0.1, 0.15) is 0 Å². The van der Waals surface area contributed by atoms with E-state index in [1.54, 1.807) is 0 Å². The second kappa shape index (κ2) is 5.65. The molecule has 16 heavy (non-hydrogen) atoms. The quantitative estimate of drug-likeness (QED) is 0.745. The van der Waals surface area contributed by atoms with Crippen LogP contribution in [0.5, 0.6) is 0 Å². The number of benzene rings is 1. The van der Waals surface area contributed by atoms with Crippen LogP contribution in [0.4, 0.5) is 0 Å². The molecule has 0 radical (unpaired) electrons. The molecule has 0 aliphatic carbocycles. The molecule has 0 saturated carbocycles. The third-order valence-corrected chi connectivity index (χ3v) is 4.99. The maximum absolute atomic E-state index is 5.46. The van der Waals surface area contributed by atoms with Crippen LogP contribution in [0.1, 0.15) is 18.4 Å². The Balaban J connectivity index is 2.11. The molecule has 1 fully saturated rings. The highest BCUT2D eigenvalue weighted by atomic mass is 79.9. The summed E-state index contributed by atoms with van der Waals surface area (Å²) >= 11 is 7.21. The number of rotatable bonds is 3. The molecule has 3 heteroatoms. The Hall–Kier alpha value is 0.140. The van der Waals surface area contributed by atoms with Crippen molar-refractivity contribution in [2.45, 2.75) is 19.3 Å². The second-order valence-corrected chi connectivity index (χ2v) is 6.03. The number of halogens is 2. The third kappa shape index (κ3) is 3.08. The van der Waals surface area contributed by atoms with Gasteiger partial charge >= 0.3 is 0 Å². The molecule has 1 aliphatic rings. The molecule has 1 aliphatic heterocycles. The van der Waals surface area contributed by atoms with Crippen LogP contribution in [0.3, 0.4) is 0 Å². The number of ether oxygens (including phenoxy) is 1. The maximum atomic E-state index is 5.46. The molecule has 2 rings (SSSR count). The van der Waals surface area contributed by atoms with E-state index in [9.17, 15) is 0 Å². The molecular formula is C13H16Br2O. The van der Waals surface area contributed by atoms with Crippen LogP contribution in [-0.2, 0) is 11.2 Å². The average molecular weight is 348 g/mol. The van der Waals surface area contributed by atoms with Crippen LogP contribution in [0.2, 0.25) is 0 Å². The first-order chi connectivity index (χ1) is 7.74. The first-order valence-corrected chi connectivity index (χ1v) is 7.54. The number of alkyl halides is 1. The summed E-state index contributed by atoms with van der Waals surface area (Å²) in [5.74, 6) is 0. The maximum Gasteiger partial charge on any atom is 0.0471 e. The van der Waals surface area contributed by atoms with Crippen LogP contribution in [0, 0.1) is 5.41 Å². The largest absolute Gasteiger partial charge is 0.381 e. The smallest absolute Gasteiger partial charge is 0.0471 e. The fraction of sp³-hybridized carbons (Fsp3) is 0.538. The number of hydrogen-bond acceptors (Lipinski definition) is 1. The van der Waals surface area contributed by atoms with Gasteiger partial charge in [-0.25, -0.2) is 0 Å². The Kier molecular flexibility index (Phi) is 4.45. The third-order valence-electron chi connectivity index (χ3n) is 3.31. The summed E-state index contributed by atoms with van der Waals surface area (Å²) in [6, 6.07) is 8.62. The van der Waals surface area contributed by atoms with Gasteiger partial charge in [0.25, 0.3) is 0 Å². The zero-order valence-corrected chi connectivity index (χ0v) is 12.4. The minimum atomic E-state index is 0.388. The normalized spacial score (nSPS) is 19.6. The Morgan fingerprint density at radius 3 is 2.62 bits per heavy atom. The molecule has 0 spiro atoms. The molecule has 0 amide bonds. The van der Waals surface area contributed by atoms with Gasteiger partial charge in [-0.3, -0.25) is 0 Å². The van der Waals surface area contributed by atoms with Crippen molar-refractivity contribution in [3.05, 3.63) is 34.3 Å². The van der Waals surface area contributed by atoms with Gasteiger partial charge in [0.05, 0.1) is 0 Å². The lowest BCUT2D eigenvalue weighted by atomic mass is 9.77. The summed E-state index contributed by atoms with van der Waals surface area (Å²) in [5, 5.41) is 1.07. The zero-order chi connectivity index (χ0) is 11.4. The van der Waals surface area contributed by atoms with Gasteiger partial charge in [-0.1, -0.05) is 44.0 Å². The Morgan fingerprint density at radius 2 is 2.00 bits per heavy atom. The minimum absolute atomic E-state index is 0.388. The molecule has 0 unspecified atom stereocenters. The van der Waals surface area contributed by atoms with Crippen molar-refractivity contribution < 1.29 is 4.74 Å². The van der Waals surface area contributed by atoms with E-state index >= 15 is 0 Å². The molecule has 1 aromatic rings. The molecule has 0 bridgehead atoms. The van der Waals surface area contributed by atoms with Crippen LogP contribution in [0.25, 0.3) is 0 Å². The van der Waals surface area contributed by atoms with Gasteiger partial charge < -0.3 is 4.74 Å². The van der Waals surface area contributed by atoms with Gasteiger partial charge in [-0.2, -0.15) is 0 Å². The average Bonchev–Trinajstić information content (AvgIpc) is 2.30. The van der Waals surface area contributed by atoms with E-state index < -0.39 is 0 Å². The second-order valence-electron chi connectivity index (χ2n) is 4.55. The predicted octanol–water partition coefficient (Wildman–Crippen LogP) is 4.18. The fourth-order valence-electron chi connectivity index (χ4n) is 2.24.